The number of rotatable bonds is 11. The van der Waals surface area contributed by atoms with E-state index in [1.807, 2.05) is 0 Å². The van der Waals surface area contributed by atoms with E-state index < -0.39 is 116 Å². The molecule has 2 fully saturated rings. The molecule has 2 rings (SSSR count). The SMILES string of the molecule is CC(=O)N[C@@H]1[C@@H](OC(C)=O)[C@@H](O[C@H]2O[C@@H](COC(C)=O)[C@H](OC(C)=O)[C@@H](OC(C)=O)[C@H]2OC(C)=O)[C@@H](COC(C)=O)O[C@@H]1O. The van der Waals surface area contributed by atoms with E-state index in [9.17, 15) is 38.7 Å². The van der Waals surface area contributed by atoms with Gasteiger partial charge in [0.15, 0.2) is 37.0 Å². The standard InChI is InChI=1S/C26H37NO17/c1-10(28)27-19-22(39-14(5)32)20(17(42-25(19)35)8-36-11(2)29)44-26-24(41-16(7)34)23(40-15(6)33)21(38-13(4)31)18(43-26)9-37-12(3)30/h17-26,35H,8-9H2,1-7H3,(H,27,28)/t17-,18+,19-,20+,21+,22-,23-,24-,25+,26-/m1/s1. The van der Waals surface area contributed by atoms with E-state index in [0.717, 1.165) is 48.5 Å². The van der Waals surface area contributed by atoms with Gasteiger partial charge in [-0.1, -0.05) is 0 Å². The quantitative estimate of drug-likeness (QED) is 0.188. The normalized spacial score (nSPS) is 31.5. The van der Waals surface area contributed by atoms with Crippen molar-refractivity contribution in [3.8, 4) is 0 Å². The van der Waals surface area contributed by atoms with Crippen LogP contribution in [0.2, 0.25) is 0 Å². The van der Waals surface area contributed by atoms with Crippen LogP contribution in [0.1, 0.15) is 48.5 Å². The van der Waals surface area contributed by atoms with Crippen molar-refractivity contribution < 1.29 is 81.3 Å². The molecule has 0 unspecified atom stereocenters. The summed E-state index contributed by atoms with van der Waals surface area (Å²) < 4.78 is 49.2. The second kappa shape index (κ2) is 16.3. The molecule has 2 aliphatic rings. The zero-order valence-corrected chi connectivity index (χ0v) is 25.2. The van der Waals surface area contributed by atoms with E-state index in [4.69, 9.17) is 42.6 Å². The number of amides is 1. The third-order valence-corrected chi connectivity index (χ3v) is 6.03. The van der Waals surface area contributed by atoms with Crippen LogP contribution >= 0.6 is 0 Å². The molecular formula is C26H37NO17. The summed E-state index contributed by atoms with van der Waals surface area (Å²) in [7, 11) is 0. The zero-order valence-electron chi connectivity index (χ0n) is 25.2. The van der Waals surface area contributed by atoms with Crippen LogP contribution in [0.3, 0.4) is 0 Å². The highest BCUT2D eigenvalue weighted by Crippen LogP contribution is 2.34. The minimum atomic E-state index is -1.79. The van der Waals surface area contributed by atoms with Gasteiger partial charge in [0.25, 0.3) is 0 Å². The number of carbonyl (C=O) groups excluding carboxylic acids is 7. The summed E-state index contributed by atoms with van der Waals surface area (Å²) in [5.41, 5.74) is 0. The van der Waals surface area contributed by atoms with Crippen molar-refractivity contribution in [1.29, 1.82) is 0 Å². The number of aliphatic hydroxyl groups excluding tert-OH is 1. The van der Waals surface area contributed by atoms with Crippen LogP contribution in [0.4, 0.5) is 0 Å². The highest BCUT2D eigenvalue weighted by atomic mass is 16.8. The molecule has 18 heteroatoms. The van der Waals surface area contributed by atoms with Crippen LogP contribution in [-0.4, -0.2) is 121 Å². The van der Waals surface area contributed by atoms with Gasteiger partial charge in [0, 0.05) is 48.5 Å². The smallest absolute Gasteiger partial charge is 0.303 e. The van der Waals surface area contributed by atoms with E-state index in [2.05, 4.69) is 5.32 Å². The van der Waals surface area contributed by atoms with Crippen LogP contribution in [0.5, 0.6) is 0 Å². The zero-order chi connectivity index (χ0) is 33.3. The molecule has 1 amide bonds. The maximum atomic E-state index is 12.2. The van der Waals surface area contributed by atoms with Crippen molar-refractivity contribution in [1.82, 2.24) is 5.32 Å². The number of aliphatic hydroxyl groups is 1. The molecule has 0 spiro atoms. The molecule has 0 aromatic heterocycles. The third kappa shape index (κ3) is 10.7. The fourth-order valence-corrected chi connectivity index (χ4v) is 4.59. The van der Waals surface area contributed by atoms with Gasteiger partial charge in [-0.2, -0.15) is 0 Å². The molecule has 0 aliphatic carbocycles. The van der Waals surface area contributed by atoms with Gasteiger partial charge in [-0.25, -0.2) is 0 Å². The Morgan fingerprint density at radius 1 is 0.568 bits per heavy atom. The Hall–Kier alpha value is -3.87. The van der Waals surface area contributed by atoms with Crippen LogP contribution in [0, 0.1) is 0 Å². The van der Waals surface area contributed by atoms with Crippen LogP contribution in [0.25, 0.3) is 0 Å². The molecule has 0 radical (unpaired) electrons. The highest BCUT2D eigenvalue weighted by molar-refractivity contribution is 5.73. The van der Waals surface area contributed by atoms with Gasteiger partial charge in [0.1, 0.15) is 37.6 Å². The third-order valence-electron chi connectivity index (χ3n) is 6.03. The Morgan fingerprint density at radius 3 is 1.45 bits per heavy atom. The Balaban J connectivity index is 2.66. The van der Waals surface area contributed by atoms with E-state index in [-0.39, 0.29) is 0 Å². The Morgan fingerprint density at radius 2 is 1.00 bits per heavy atom. The number of carbonyl (C=O) groups is 7. The van der Waals surface area contributed by atoms with Crippen LogP contribution in [0.15, 0.2) is 0 Å². The van der Waals surface area contributed by atoms with E-state index in [1.54, 1.807) is 0 Å². The lowest BCUT2D eigenvalue weighted by Crippen LogP contribution is -2.68. The fraction of sp³-hybridized carbons (Fsp3) is 0.731. The summed E-state index contributed by atoms with van der Waals surface area (Å²) >= 11 is 0. The summed E-state index contributed by atoms with van der Waals surface area (Å²) in [6.45, 7) is 6.33. The van der Waals surface area contributed by atoms with E-state index in [0.29, 0.717) is 0 Å². The first-order valence-corrected chi connectivity index (χ1v) is 13.4. The van der Waals surface area contributed by atoms with Gasteiger partial charge in [-0.05, 0) is 0 Å². The number of hydrogen-bond donors (Lipinski definition) is 2. The first-order valence-electron chi connectivity index (χ1n) is 13.4. The molecule has 0 saturated carbocycles. The van der Waals surface area contributed by atoms with Gasteiger partial charge in [0.2, 0.25) is 5.91 Å². The van der Waals surface area contributed by atoms with Crippen molar-refractivity contribution in [3.63, 3.8) is 0 Å². The number of nitrogens with one attached hydrogen (secondary N) is 1. The van der Waals surface area contributed by atoms with Crippen molar-refractivity contribution in [3.05, 3.63) is 0 Å². The summed E-state index contributed by atoms with van der Waals surface area (Å²) in [5, 5.41) is 13.1. The lowest BCUT2D eigenvalue weighted by molar-refractivity contribution is -0.347. The molecule has 10 atom stereocenters. The minimum Gasteiger partial charge on any atom is -0.463 e. The molecule has 0 aromatic rings. The molecule has 2 N–H and O–H groups in total. The van der Waals surface area contributed by atoms with E-state index >= 15 is 0 Å². The Labute approximate surface area is 251 Å². The van der Waals surface area contributed by atoms with Crippen molar-refractivity contribution in [2.24, 2.45) is 0 Å². The lowest BCUT2D eigenvalue weighted by Gasteiger charge is -2.48. The van der Waals surface area contributed by atoms with Crippen molar-refractivity contribution >= 4 is 41.7 Å². The number of ether oxygens (including phenoxy) is 9. The predicted octanol–water partition coefficient (Wildman–Crippen LogP) is -1.83. The lowest BCUT2D eigenvalue weighted by atomic mass is 9.95. The van der Waals surface area contributed by atoms with Gasteiger partial charge in [-0.3, -0.25) is 33.6 Å². The average molecular weight is 636 g/mol. The molecular weight excluding hydrogens is 598 g/mol. The van der Waals surface area contributed by atoms with Crippen LogP contribution in [-0.2, 0) is 76.2 Å². The first-order chi connectivity index (χ1) is 20.5. The summed E-state index contributed by atoms with van der Waals surface area (Å²) in [6.07, 6.45) is -14.2. The van der Waals surface area contributed by atoms with Gasteiger partial charge in [0.05, 0.1) is 0 Å². The maximum absolute atomic E-state index is 12.2. The predicted molar refractivity (Wildman–Crippen MR) is 138 cm³/mol. The largest absolute Gasteiger partial charge is 0.463 e. The van der Waals surface area contributed by atoms with Gasteiger partial charge >= 0.3 is 35.8 Å². The minimum absolute atomic E-state index is 0.559. The number of hydrogen-bond acceptors (Lipinski definition) is 17. The van der Waals surface area contributed by atoms with Gasteiger partial charge < -0.3 is 53.1 Å². The monoisotopic (exact) mass is 635 g/mol. The summed E-state index contributed by atoms with van der Waals surface area (Å²) in [6, 6.07) is -1.43. The summed E-state index contributed by atoms with van der Waals surface area (Å²) in [5.74, 6) is -5.68. The first kappa shape index (κ1) is 36.3. The summed E-state index contributed by atoms with van der Waals surface area (Å²) in [4.78, 5) is 83.6. The number of esters is 6. The fourth-order valence-electron chi connectivity index (χ4n) is 4.59. The van der Waals surface area contributed by atoms with Crippen molar-refractivity contribution in [2.75, 3.05) is 13.2 Å². The van der Waals surface area contributed by atoms with E-state index in [1.165, 1.54) is 0 Å². The molecule has 44 heavy (non-hydrogen) atoms. The Kier molecular flexibility index (Phi) is 13.4. The molecule has 0 bridgehead atoms. The molecule has 2 aliphatic heterocycles. The second-order valence-corrected chi connectivity index (χ2v) is 9.84. The second-order valence-electron chi connectivity index (χ2n) is 9.84. The van der Waals surface area contributed by atoms with Gasteiger partial charge in [-0.15, -0.1) is 0 Å². The molecule has 2 saturated heterocycles. The Bertz CT molecular complexity index is 1090. The van der Waals surface area contributed by atoms with Crippen molar-refractivity contribution in [2.45, 2.75) is 110 Å². The molecule has 248 valence electrons. The van der Waals surface area contributed by atoms with Crippen LogP contribution < -0.4 is 5.32 Å². The topological polar surface area (TPSA) is 235 Å². The molecule has 18 nitrogen and oxygen atoms in total. The molecule has 2 heterocycles. The highest BCUT2D eigenvalue weighted by Gasteiger charge is 2.56. The molecule has 0 aromatic carbocycles. The maximum Gasteiger partial charge on any atom is 0.303 e. The average Bonchev–Trinajstić information content (AvgIpc) is 2.87.